The van der Waals surface area contributed by atoms with E-state index in [2.05, 4.69) is 36.5 Å². The molecule has 1 aromatic rings. The van der Waals surface area contributed by atoms with Gasteiger partial charge in [0.2, 0.25) is 0 Å². The molecule has 3 heterocycles. The summed E-state index contributed by atoms with van der Waals surface area (Å²) in [6, 6.07) is 9.11. The summed E-state index contributed by atoms with van der Waals surface area (Å²) in [5, 5.41) is 24.3. The van der Waals surface area contributed by atoms with Crippen molar-refractivity contribution in [3.63, 3.8) is 0 Å². The molecule has 10 heteroatoms. The molecule has 246 valence electrons. The lowest BCUT2D eigenvalue weighted by Crippen LogP contribution is -2.62. The molecule has 7 rings (SSSR count). The zero-order valence-corrected chi connectivity index (χ0v) is 29.7. The van der Waals surface area contributed by atoms with E-state index in [1.807, 2.05) is 43.2 Å². The van der Waals surface area contributed by atoms with Gasteiger partial charge in [-0.05, 0) is 97.2 Å². The van der Waals surface area contributed by atoms with Crippen molar-refractivity contribution in [1.82, 2.24) is 5.32 Å². The second-order valence-corrected chi connectivity index (χ2v) is 20.0. The predicted molar refractivity (Wildman–Crippen MR) is 192 cm³/mol. The van der Waals surface area contributed by atoms with Gasteiger partial charge in [-0.3, -0.25) is 9.79 Å². The van der Waals surface area contributed by atoms with Crippen molar-refractivity contribution in [2.24, 2.45) is 51.1 Å². The number of guanidine groups is 1. The van der Waals surface area contributed by atoms with Crippen LogP contribution >= 0.6 is 43.2 Å². The predicted octanol–water partition coefficient (Wildman–Crippen LogP) is 6.26. The topological polar surface area (TPSA) is 108 Å². The molecule has 0 saturated heterocycles. The fraction of sp³-hybridized carbons (Fsp3) is 0.714. The number of allylic oxidation sites excluding steroid dienone is 2. The van der Waals surface area contributed by atoms with Crippen LogP contribution in [0, 0.1) is 40.4 Å². The zero-order chi connectivity index (χ0) is 31.2. The number of hydrogen-bond donors (Lipinski definition) is 4. The van der Waals surface area contributed by atoms with E-state index in [0.29, 0.717) is 35.9 Å². The van der Waals surface area contributed by atoms with Crippen molar-refractivity contribution in [1.29, 1.82) is 0 Å². The van der Waals surface area contributed by atoms with Gasteiger partial charge in [0.05, 0.1) is 5.54 Å². The van der Waals surface area contributed by atoms with E-state index in [0.717, 1.165) is 86.5 Å². The molecule has 2 fully saturated rings. The maximum absolute atomic E-state index is 14.4. The SMILES string of the molecule is C[C@]12CCSSC[C@]34C[C@H](CSSCc5cccc(c5)C[C@@H]3CN=C(N)N4)CC3=C4C[C@H]1C[C@H](CO)[C@@H](CCCO)[C@@]42CC3=O. The molecule has 0 aromatic heterocycles. The number of carbonyl (C=O) groups is 1. The Kier molecular flexibility index (Phi) is 9.65. The highest BCUT2D eigenvalue weighted by Gasteiger charge is 2.69. The number of aliphatic hydroxyl groups is 2. The van der Waals surface area contributed by atoms with Crippen molar-refractivity contribution in [2.45, 2.75) is 76.0 Å². The lowest BCUT2D eigenvalue weighted by molar-refractivity contribution is -0.125. The van der Waals surface area contributed by atoms with E-state index >= 15 is 0 Å². The van der Waals surface area contributed by atoms with Crippen LogP contribution in [0.1, 0.15) is 69.4 Å². The molecule has 8 atom stereocenters. The third kappa shape index (κ3) is 5.73. The number of hydrogen-bond acceptors (Lipinski definition) is 10. The van der Waals surface area contributed by atoms with Gasteiger partial charge in [0.1, 0.15) is 0 Å². The highest BCUT2D eigenvalue weighted by atomic mass is 33.1. The summed E-state index contributed by atoms with van der Waals surface area (Å²) in [6.45, 7) is 3.58. The number of carbonyl (C=O) groups excluding carboxylic acids is 1. The average molecular weight is 688 g/mol. The summed E-state index contributed by atoms with van der Waals surface area (Å²) in [5.74, 6) is 6.55. The molecule has 3 aliphatic carbocycles. The minimum absolute atomic E-state index is 0.0381. The highest BCUT2D eigenvalue weighted by molar-refractivity contribution is 8.76. The van der Waals surface area contributed by atoms with E-state index in [1.165, 1.54) is 16.7 Å². The third-order valence-corrected chi connectivity index (χ3v) is 17.7. The van der Waals surface area contributed by atoms with E-state index in [1.54, 1.807) is 0 Å². The van der Waals surface area contributed by atoms with Gasteiger partial charge < -0.3 is 21.3 Å². The van der Waals surface area contributed by atoms with Gasteiger partial charge in [0, 0.05) is 60.5 Å². The number of rotatable bonds is 4. The lowest BCUT2D eigenvalue weighted by Gasteiger charge is -2.57. The minimum Gasteiger partial charge on any atom is -0.396 e. The van der Waals surface area contributed by atoms with Crippen molar-refractivity contribution >= 4 is 54.9 Å². The van der Waals surface area contributed by atoms with Crippen LogP contribution in [0.2, 0.25) is 0 Å². The molecule has 2 saturated carbocycles. The van der Waals surface area contributed by atoms with Crippen LogP contribution in [-0.2, 0) is 17.0 Å². The second kappa shape index (κ2) is 13.3. The summed E-state index contributed by atoms with van der Waals surface area (Å²) in [7, 11) is 7.91. The number of fused-ring (bicyclic) bond motifs is 3. The molecule has 1 aromatic carbocycles. The monoisotopic (exact) mass is 687 g/mol. The Morgan fingerprint density at radius 1 is 1.09 bits per heavy atom. The van der Waals surface area contributed by atoms with Gasteiger partial charge in [-0.15, -0.1) is 0 Å². The zero-order valence-electron chi connectivity index (χ0n) is 26.5. The van der Waals surface area contributed by atoms with Gasteiger partial charge in [0.15, 0.2) is 11.7 Å². The summed E-state index contributed by atoms with van der Waals surface area (Å²) >= 11 is 0. The molecular formula is C35H49N3O3S4. The number of nitrogens with zero attached hydrogens (tertiary/aromatic N) is 1. The Hall–Kier alpha value is -0.780. The maximum Gasteiger partial charge on any atom is 0.189 e. The van der Waals surface area contributed by atoms with Gasteiger partial charge in [-0.2, -0.15) is 0 Å². The van der Waals surface area contributed by atoms with E-state index < -0.39 is 0 Å². The normalized spacial score (nSPS) is 40.1. The first-order valence-corrected chi connectivity index (χ1v) is 21.9. The number of ketones is 1. The van der Waals surface area contributed by atoms with Crippen molar-refractivity contribution in [3.8, 4) is 0 Å². The number of nitrogens with two attached hydrogens (primary N) is 1. The Balaban J connectivity index is 1.32. The molecule has 3 aliphatic heterocycles. The van der Waals surface area contributed by atoms with E-state index in [-0.39, 0.29) is 41.4 Å². The van der Waals surface area contributed by atoms with Crippen LogP contribution in [0.3, 0.4) is 0 Å². The molecule has 0 radical (unpaired) electrons. The smallest absolute Gasteiger partial charge is 0.189 e. The molecule has 9 bridgehead atoms. The van der Waals surface area contributed by atoms with Crippen molar-refractivity contribution in [2.75, 3.05) is 37.0 Å². The van der Waals surface area contributed by atoms with Gasteiger partial charge in [-0.1, -0.05) is 79.9 Å². The molecule has 45 heavy (non-hydrogen) atoms. The van der Waals surface area contributed by atoms with Gasteiger partial charge in [0.25, 0.3) is 0 Å². The van der Waals surface area contributed by atoms with Crippen LogP contribution in [0.5, 0.6) is 0 Å². The Morgan fingerprint density at radius 2 is 1.96 bits per heavy atom. The van der Waals surface area contributed by atoms with Crippen LogP contribution in [0.25, 0.3) is 0 Å². The average Bonchev–Trinajstić information content (AvgIpc) is 3.35. The standard InChI is InChI=1S/C35H49N3O3S4/c1-33-7-9-42-45-21-34-15-24(20-44-43-19-23-5-2-4-22(10-23)11-27(34)17-37-32(36)38-34)12-28-30-14-26(33)13-25(18-40)29(6-3-8-39)35(30,33)16-31(28)41/h2,4-5,10,24-27,29,39-40H,3,6-9,11-21H2,1H3,(H3,36,37,38)/t24-,25-,26-,27-,29-,33+,34-,35+/m1/s1. The van der Waals surface area contributed by atoms with Crippen molar-refractivity contribution < 1.29 is 15.0 Å². The quantitative estimate of drug-likeness (QED) is 0.273. The fourth-order valence-electron chi connectivity index (χ4n) is 10.6. The largest absolute Gasteiger partial charge is 0.396 e. The Bertz CT molecular complexity index is 1360. The van der Waals surface area contributed by atoms with E-state index in [4.69, 9.17) is 10.7 Å². The molecular weight excluding hydrogens is 639 g/mol. The first kappa shape index (κ1) is 32.8. The Morgan fingerprint density at radius 3 is 2.80 bits per heavy atom. The number of Topliss-reactive ketones (excluding diaryl/α,β-unsaturated/α-hetero) is 1. The Labute approximate surface area is 284 Å². The molecule has 6 nitrogen and oxygen atoms in total. The highest BCUT2D eigenvalue weighted by Crippen LogP contribution is 2.75. The fourth-order valence-corrected chi connectivity index (χ4v) is 15.9. The second-order valence-electron chi connectivity index (χ2n) is 14.9. The van der Waals surface area contributed by atoms with Gasteiger partial charge in [-0.25, -0.2) is 0 Å². The molecule has 0 amide bonds. The van der Waals surface area contributed by atoms with Crippen LogP contribution in [0.15, 0.2) is 40.4 Å². The molecule has 2 spiro atoms. The van der Waals surface area contributed by atoms with Crippen molar-refractivity contribution in [3.05, 3.63) is 46.5 Å². The number of aliphatic hydroxyl groups excluding tert-OH is 2. The molecule has 0 unspecified atom stereocenters. The summed E-state index contributed by atoms with van der Waals surface area (Å²) in [4.78, 5) is 19.1. The first-order valence-electron chi connectivity index (χ1n) is 16.9. The summed E-state index contributed by atoms with van der Waals surface area (Å²) in [5.41, 5.74) is 11.5. The van der Waals surface area contributed by atoms with Crippen LogP contribution < -0.4 is 11.1 Å². The molecule has 5 N–H and O–H groups in total. The van der Waals surface area contributed by atoms with Crippen LogP contribution in [-0.4, -0.2) is 64.5 Å². The van der Waals surface area contributed by atoms with Gasteiger partial charge >= 0.3 is 0 Å². The number of nitrogens with one attached hydrogen (secondary N) is 1. The summed E-state index contributed by atoms with van der Waals surface area (Å²) in [6.07, 6.45) is 8.14. The first-order chi connectivity index (χ1) is 21.8. The molecule has 6 aliphatic rings. The maximum atomic E-state index is 14.4. The number of benzene rings is 1. The lowest BCUT2D eigenvalue weighted by atomic mass is 9.47. The number of aliphatic imine (C=N–C) groups is 1. The third-order valence-electron chi connectivity index (χ3n) is 12.7. The van der Waals surface area contributed by atoms with E-state index in [9.17, 15) is 15.0 Å². The van der Waals surface area contributed by atoms with Crippen LogP contribution in [0.4, 0.5) is 0 Å². The minimum atomic E-state index is -0.197. The summed E-state index contributed by atoms with van der Waals surface area (Å²) < 4.78 is 0.